The van der Waals surface area contributed by atoms with Crippen molar-refractivity contribution < 1.29 is 21.9 Å². The van der Waals surface area contributed by atoms with Crippen LogP contribution in [0.4, 0.5) is 0 Å². The quantitative estimate of drug-likeness (QED) is 0.422. The molecule has 1 N–H and O–H groups in total. The Morgan fingerprint density at radius 2 is 1.75 bits per heavy atom. The zero-order chi connectivity index (χ0) is 2.71. The second-order valence-electron chi connectivity index (χ2n) is 0.224. The minimum absolute atomic E-state index is 0. The first-order valence-corrected chi connectivity index (χ1v) is 0.816. The molecule has 0 aliphatic rings. The summed E-state index contributed by atoms with van der Waals surface area (Å²) in [6.45, 7) is 3.04. The molecule has 0 rings (SSSR count). The normalized spacial score (nSPS) is 4.50. The Bertz CT molecular complexity index is 6.00. The van der Waals surface area contributed by atoms with Crippen molar-refractivity contribution in [2.45, 2.75) is 0 Å². The van der Waals surface area contributed by atoms with Crippen LogP contribution in [0.25, 0.3) is 0 Å². The first-order chi connectivity index (χ1) is 1.41. The summed E-state index contributed by atoms with van der Waals surface area (Å²) in [6.07, 6.45) is 0. The number of aliphatic hydroxyl groups excluding tert-OH is 1. The van der Waals surface area contributed by atoms with Gasteiger partial charge in [-0.15, -0.1) is 0 Å². The SMILES string of the molecule is [CH2-]CO.[Co]. The van der Waals surface area contributed by atoms with Gasteiger partial charge in [0, 0.05) is 16.8 Å². The van der Waals surface area contributed by atoms with E-state index in [-0.39, 0.29) is 23.4 Å². The third-order valence-corrected chi connectivity index (χ3v) is 0. The second kappa shape index (κ2) is 9.81. The predicted octanol–water partition coefficient (Wildman–Crippen LogP) is -0.190. The molecule has 0 atom stereocenters. The maximum atomic E-state index is 7.46. The van der Waals surface area contributed by atoms with E-state index in [0.29, 0.717) is 0 Å². The van der Waals surface area contributed by atoms with Gasteiger partial charge in [0.05, 0.1) is 0 Å². The Morgan fingerprint density at radius 3 is 1.75 bits per heavy atom. The Labute approximate surface area is 36.2 Å². The van der Waals surface area contributed by atoms with Crippen LogP contribution in [0.1, 0.15) is 0 Å². The third kappa shape index (κ3) is 24.4. The average Bonchev–Trinajstić information content (AvgIpc) is 0.918. The van der Waals surface area contributed by atoms with Crippen molar-refractivity contribution in [1.29, 1.82) is 0 Å². The molecule has 2 heteroatoms. The smallest absolute Gasteiger partial charge is 0 e. The van der Waals surface area contributed by atoms with Crippen molar-refractivity contribution in [3.63, 3.8) is 0 Å². The molecule has 29 valence electrons. The van der Waals surface area contributed by atoms with Gasteiger partial charge in [0.15, 0.2) is 0 Å². The van der Waals surface area contributed by atoms with Gasteiger partial charge in [-0.1, -0.05) is 6.61 Å². The molecule has 0 heterocycles. The van der Waals surface area contributed by atoms with E-state index in [1.165, 1.54) is 0 Å². The number of aliphatic hydroxyl groups is 1. The van der Waals surface area contributed by atoms with Crippen LogP contribution in [-0.2, 0) is 16.8 Å². The topological polar surface area (TPSA) is 20.2 Å². The maximum Gasteiger partial charge on any atom is 0 e. The maximum absolute atomic E-state index is 7.46. The van der Waals surface area contributed by atoms with Crippen LogP contribution in [0.15, 0.2) is 0 Å². The van der Waals surface area contributed by atoms with Crippen LogP contribution in [0.2, 0.25) is 0 Å². The molecule has 0 saturated heterocycles. The first-order valence-electron chi connectivity index (χ1n) is 0.816. The summed E-state index contributed by atoms with van der Waals surface area (Å²) in [5, 5.41) is 7.46. The summed E-state index contributed by atoms with van der Waals surface area (Å²) in [7, 11) is 0. The fraction of sp³-hybridized carbons (Fsp3) is 0.500. The predicted molar refractivity (Wildman–Crippen MR) is 12.4 cm³/mol. The monoisotopic (exact) mass is 104 g/mol. The van der Waals surface area contributed by atoms with Crippen LogP contribution < -0.4 is 0 Å². The Kier molecular flexibility index (Phi) is 21.6. The van der Waals surface area contributed by atoms with Gasteiger partial charge in [-0.3, -0.25) is 0 Å². The minimum Gasteiger partial charge on any atom is -0.428 e. The van der Waals surface area contributed by atoms with Crippen molar-refractivity contribution in [1.82, 2.24) is 0 Å². The molecule has 0 aliphatic carbocycles. The summed E-state index contributed by atoms with van der Waals surface area (Å²) in [5.41, 5.74) is 0. The molecule has 0 aromatic carbocycles. The van der Waals surface area contributed by atoms with Crippen LogP contribution in [0, 0.1) is 6.92 Å². The molecular weight excluding hydrogens is 99.0 g/mol. The number of hydrogen-bond acceptors (Lipinski definition) is 1. The van der Waals surface area contributed by atoms with Gasteiger partial charge in [-0.2, -0.15) is 0 Å². The fourth-order valence-electron chi connectivity index (χ4n) is 0. The van der Waals surface area contributed by atoms with Gasteiger partial charge in [0.2, 0.25) is 0 Å². The molecule has 1 radical (unpaired) electrons. The minimum atomic E-state index is 0. The molecule has 1 nitrogen and oxygen atoms in total. The molecule has 0 aromatic rings. The van der Waals surface area contributed by atoms with Crippen molar-refractivity contribution >= 4 is 0 Å². The third-order valence-electron chi connectivity index (χ3n) is 0. The fourth-order valence-corrected chi connectivity index (χ4v) is 0. The van der Waals surface area contributed by atoms with Gasteiger partial charge in [-0.05, 0) is 0 Å². The zero-order valence-electron chi connectivity index (χ0n) is 2.19. The van der Waals surface area contributed by atoms with E-state index < -0.39 is 0 Å². The van der Waals surface area contributed by atoms with E-state index in [0.717, 1.165) is 0 Å². The first kappa shape index (κ1) is 8.82. The van der Waals surface area contributed by atoms with Crippen LogP contribution in [0.5, 0.6) is 0 Å². The van der Waals surface area contributed by atoms with E-state index in [1.54, 1.807) is 0 Å². The largest absolute Gasteiger partial charge is 0.428 e. The van der Waals surface area contributed by atoms with Gasteiger partial charge in [0.1, 0.15) is 0 Å². The van der Waals surface area contributed by atoms with Crippen LogP contribution >= 0.6 is 0 Å². The molecule has 0 fully saturated rings. The molecule has 0 aromatic heterocycles. The molecule has 0 saturated carbocycles. The van der Waals surface area contributed by atoms with E-state index in [4.69, 9.17) is 5.11 Å². The van der Waals surface area contributed by atoms with Crippen LogP contribution in [0.3, 0.4) is 0 Å². The van der Waals surface area contributed by atoms with E-state index in [9.17, 15) is 0 Å². The van der Waals surface area contributed by atoms with Gasteiger partial charge >= 0.3 is 0 Å². The van der Waals surface area contributed by atoms with Crippen molar-refractivity contribution in [2.24, 2.45) is 0 Å². The van der Waals surface area contributed by atoms with Crippen molar-refractivity contribution in [3.05, 3.63) is 6.92 Å². The van der Waals surface area contributed by atoms with Gasteiger partial charge in [-0.25, -0.2) is 0 Å². The van der Waals surface area contributed by atoms with Crippen molar-refractivity contribution in [2.75, 3.05) is 6.61 Å². The second-order valence-corrected chi connectivity index (χ2v) is 0.224. The van der Waals surface area contributed by atoms with E-state index in [1.807, 2.05) is 0 Å². The Balaban J connectivity index is 0. The summed E-state index contributed by atoms with van der Waals surface area (Å²) >= 11 is 0. The van der Waals surface area contributed by atoms with Gasteiger partial charge < -0.3 is 12.0 Å². The Morgan fingerprint density at radius 1 is 1.75 bits per heavy atom. The average molecular weight is 104 g/mol. The van der Waals surface area contributed by atoms with E-state index >= 15 is 0 Å². The van der Waals surface area contributed by atoms with Crippen molar-refractivity contribution in [3.8, 4) is 0 Å². The zero-order valence-corrected chi connectivity index (χ0v) is 3.24. The molecule has 0 spiro atoms. The summed E-state index contributed by atoms with van der Waals surface area (Å²) in [5.74, 6) is 0. The summed E-state index contributed by atoms with van der Waals surface area (Å²) < 4.78 is 0. The molecule has 4 heavy (non-hydrogen) atoms. The van der Waals surface area contributed by atoms with Crippen LogP contribution in [-0.4, -0.2) is 11.7 Å². The van der Waals surface area contributed by atoms with E-state index in [2.05, 4.69) is 6.92 Å². The molecule has 0 aliphatic heterocycles. The number of hydrogen-bond donors (Lipinski definition) is 1. The number of rotatable bonds is 0. The van der Waals surface area contributed by atoms with Gasteiger partial charge in [0.25, 0.3) is 0 Å². The molecular formula is C2H5CoO-. The molecule has 0 bridgehead atoms. The Hall–Kier alpha value is 0.466. The molecule has 0 unspecified atom stereocenters. The summed E-state index contributed by atoms with van der Waals surface area (Å²) in [6, 6.07) is 0. The standard InChI is InChI=1S/C2H5O.Co/c1-2-3;/h3H,1-2H2;/q-1;. The molecule has 0 amide bonds. The summed E-state index contributed by atoms with van der Waals surface area (Å²) in [4.78, 5) is 0.